The van der Waals surface area contributed by atoms with Gasteiger partial charge in [0, 0.05) is 44.3 Å². The molecule has 0 saturated carbocycles. The first kappa shape index (κ1) is 16.1. The van der Waals surface area contributed by atoms with E-state index in [1.54, 1.807) is 7.11 Å². The summed E-state index contributed by atoms with van der Waals surface area (Å²) >= 11 is 0. The Hall–Kier alpha value is -1.75. The minimum atomic E-state index is 0.318. The minimum absolute atomic E-state index is 0.318. The van der Waals surface area contributed by atoms with Crippen LogP contribution >= 0.6 is 0 Å². The highest BCUT2D eigenvalue weighted by Crippen LogP contribution is 2.22. The number of hydrogen-bond donors (Lipinski definition) is 0. The molecule has 0 aliphatic carbocycles. The van der Waals surface area contributed by atoms with Crippen LogP contribution in [0.15, 0.2) is 24.3 Å². The summed E-state index contributed by atoms with van der Waals surface area (Å²) in [7, 11) is 3.81. The number of ether oxygens (including phenoxy) is 1. The molecule has 1 amide bonds. The van der Waals surface area contributed by atoms with Crippen LogP contribution in [0, 0.1) is 0 Å². The van der Waals surface area contributed by atoms with Crippen LogP contribution in [0.1, 0.15) is 19.3 Å². The molecule has 1 atom stereocenters. The third-order valence-electron chi connectivity index (χ3n) is 5.15. The molecule has 23 heavy (non-hydrogen) atoms. The average molecular weight is 317 g/mol. The van der Waals surface area contributed by atoms with Crippen LogP contribution < -0.4 is 9.64 Å². The highest BCUT2D eigenvalue weighted by Gasteiger charge is 2.27. The molecule has 1 aromatic carbocycles. The quantitative estimate of drug-likeness (QED) is 0.849. The van der Waals surface area contributed by atoms with E-state index in [1.807, 2.05) is 17.0 Å². The molecule has 2 aliphatic heterocycles. The van der Waals surface area contributed by atoms with E-state index in [9.17, 15) is 4.79 Å². The molecular formula is C18H27N3O2. The van der Waals surface area contributed by atoms with Crippen LogP contribution in [0.4, 0.5) is 5.69 Å². The lowest BCUT2D eigenvalue weighted by Crippen LogP contribution is -2.49. The van der Waals surface area contributed by atoms with Gasteiger partial charge in [0.1, 0.15) is 5.75 Å². The Morgan fingerprint density at radius 1 is 1.13 bits per heavy atom. The van der Waals surface area contributed by atoms with Crippen LogP contribution in [-0.2, 0) is 4.79 Å². The molecule has 0 bridgehead atoms. The lowest BCUT2D eigenvalue weighted by molar-refractivity contribution is -0.132. The van der Waals surface area contributed by atoms with E-state index in [-0.39, 0.29) is 0 Å². The summed E-state index contributed by atoms with van der Waals surface area (Å²) in [6, 6.07) is 8.60. The van der Waals surface area contributed by atoms with Gasteiger partial charge < -0.3 is 19.4 Å². The zero-order valence-corrected chi connectivity index (χ0v) is 14.2. The Morgan fingerprint density at radius 2 is 1.83 bits per heavy atom. The van der Waals surface area contributed by atoms with Crippen molar-refractivity contribution in [1.82, 2.24) is 9.80 Å². The van der Waals surface area contributed by atoms with Gasteiger partial charge in [-0.05, 0) is 50.7 Å². The number of nitrogens with zero attached hydrogens (tertiary/aromatic N) is 3. The number of likely N-dealkylation sites (tertiary alicyclic amines) is 1. The summed E-state index contributed by atoms with van der Waals surface area (Å²) in [6.45, 7) is 4.57. The zero-order chi connectivity index (χ0) is 16.2. The number of benzene rings is 1. The Bertz CT molecular complexity index is 524. The fourth-order valence-corrected chi connectivity index (χ4v) is 3.57. The fraction of sp³-hybridized carbons (Fsp3) is 0.611. The van der Waals surface area contributed by atoms with Crippen molar-refractivity contribution in [2.45, 2.75) is 25.3 Å². The molecule has 2 aliphatic rings. The number of carbonyl (C=O) groups excluding carboxylic acids is 1. The summed E-state index contributed by atoms with van der Waals surface area (Å²) < 4.78 is 5.20. The van der Waals surface area contributed by atoms with E-state index < -0.39 is 0 Å². The highest BCUT2D eigenvalue weighted by atomic mass is 16.5. The molecule has 1 unspecified atom stereocenters. The van der Waals surface area contributed by atoms with Gasteiger partial charge in [-0.15, -0.1) is 0 Å². The number of piperazine rings is 1. The molecule has 2 fully saturated rings. The number of hydrogen-bond acceptors (Lipinski definition) is 4. The Kier molecular flexibility index (Phi) is 5.06. The first-order valence-corrected chi connectivity index (χ1v) is 8.54. The van der Waals surface area contributed by atoms with Crippen molar-refractivity contribution in [2.24, 2.45) is 0 Å². The standard InChI is InChI=1S/C18H27N3O2/c1-19-9-3-4-16(19)14-18(22)21-12-10-20(11-13-21)15-5-7-17(23-2)8-6-15/h5-8,16H,3-4,9-14H2,1-2H3. The smallest absolute Gasteiger partial charge is 0.224 e. The number of amides is 1. The first-order valence-electron chi connectivity index (χ1n) is 8.54. The molecule has 0 spiro atoms. The molecule has 0 radical (unpaired) electrons. The minimum Gasteiger partial charge on any atom is -0.497 e. The molecule has 126 valence electrons. The van der Waals surface area contributed by atoms with Gasteiger partial charge in [-0.1, -0.05) is 0 Å². The molecule has 2 saturated heterocycles. The summed E-state index contributed by atoms with van der Waals surface area (Å²) in [5.41, 5.74) is 1.20. The molecule has 3 rings (SSSR count). The molecule has 0 aromatic heterocycles. The number of carbonyl (C=O) groups is 1. The lowest BCUT2D eigenvalue weighted by atomic mass is 10.1. The zero-order valence-electron chi connectivity index (χ0n) is 14.2. The predicted molar refractivity (Wildman–Crippen MR) is 92.1 cm³/mol. The summed E-state index contributed by atoms with van der Waals surface area (Å²) in [5, 5.41) is 0. The first-order chi connectivity index (χ1) is 11.2. The topological polar surface area (TPSA) is 36.0 Å². The van der Waals surface area contributed by atoms with Gasteiger partial charge in [-0.2, -0.15) is 0 Å². The van der Waals surface area contributed by atoms with Crippen molar-refractivity contribution < 1.29 is 9.53 Å². The molecule has 2 heterocycles. The van der Waals surface area contributed by atoms with Gasteiger partial charge in [-0.3, -0.25) is 4.79 Å². The van der Waals surface area contributed by atoms with E-state index >= 15 is 0 Å². The molecule has 0 N–H and O–H groups in total. The van der Waals surface area contributed by atoms with Crippen LogP contribution in [0.2, 0.25) is 0 Å². The highest BCUT2D eigenvalue weighted by molar-refractivity contribution is 5.77. The normalized spacial score (nSPS) is 22.4. The van der Waals surface area contributed by atoms with Crippen LogP contribution in [0.5, 0.6) is 5.75 Å². The lowest BCUT2D eigenvalue weighted by Gasteiger charge is -2.37. The molecular weight excluding hydrogens is 290 g/mol. The Morgan fingerprint density at radius 3 is 2.39 bits per heavy atom. The SMILES string of the molecule is COc1ccc(N2CCN(C(=O)CC3CCCN3C)CC2)cc1. The van der Waals surface area contributed by atoms with Crippen LogP contribution in [0.25, 0.3) is 0 Å². The second-order valence-electron chi connectivity index (χ2n) is 6.55. The largest absolute Gasteiger partial charge is 0.497 e. The third kappa shape index (κ3) is 3.78. The molecule has 1 aromatic rings. The summed E-state index contributed by atoms with van der Waals surface area (Å²) in [5.74, 6) is 1.20. The summed E-state index contributed by atoms with van der Waals surface area (Å²) in [4.78, 5) is 19.2. The maximum atomic E-state index is 12.5. The fourth-order valence-electron chi connectivity index (χ4n) is 3.57. The second-order valence-corrected chi connectivity index (χ2v) is 6.55. The van der Waals surface area contributed by atoms with Crippen LogP contribution in [0.3, 0.4) is 0 Å². The van der Waals surface area contributed by atoms with Crippen molar-refractivity contribution in [3.05, 3.63) is 24.3 Å². The van der Waals surface area contributed by atoms with E-state index in [2.05, 4.69) is 29.0 Å². The maximum absolute atomic E-state index is 12.5. The van der Waals surface area contributed by atoms with E-state index in [1.165, 1.54) is 12.1 Å². The molecule has 5 heteroatoms. The van der Waals surface area contributed by atoms with E-state index in [0.717, 1.165) is 44.9 Å². The van der Waals surface area contributed by atoms with Crippen molar-refractivity contribution in [2.75, 3.05) is 51.8 Å². The van der Waals surface area contributed by atoms with Gasteiger partial charge in [0.2, 0.25) is 5.91 Å². The monoisotopic (exact) mass is 317 g/mol. The van der Waals surface area contributed by atoms with Crippen LogP contribution in [-0.4, -0.2) is 68.6 Å². The van der Waals surface area contributed by atoms with Gasteiger partial charge in [0.25, 0.3) is 0 Å². The number of anilines is 1. The predicted octanol–water partition coefficient (Wildman–Crippen LogP) is 1.83. The third-order valence-corrected chi connectivity index (χ3v) is 5.15. The van der Waals surface area contributed by atoms with E-state index in [0.29, 0.717) is 18.4 Å². The van der Waals surface area contributed by atoms with Crippen molar-refractivity contribution in [3.8, 4) is 5.75 Å². The Labute approximate surface area is 138 Å². The van der Waals surface area contributed by atoms with Gasteiger partial charge >= 0.3 is 0 Å². The second kappa shape index (κ2) is 7.21. The van der Waals surface area contributed by atoms with Crippen molar-refractivity contribution in [3.63, 3.8) is 0 Å². The number of rotatable bonds is 4. The maximum Gasteiger partial charge on any atom is 0.224 e. The average Bonchev–Trinajstić information content (AvgIpc) is 3.00. The van der Waals surface area contributed by atoms with Gasteiger partial charge in [0.05, 0.1) is 7.11 Å². The van der Waals surface area contributed by atoms with Gasteiger partial charge in [0.15, 0.2) is 0 Å². The van der Waals surface area contributed by atoms with Crippen molar-refractivity contribution >= 4 is 11.6 Å². The summed E-state index contributed by atoms with van der Waals surface area (Å²) in [6.07, 6.45) is 3.06. The van der Waals surface area contributed by atoms with Gasteiger partial charge in [-0.25, -0.2) is 0 Å². The Balaban J connectivity index is 1.50. The van der Waals surface area contributed by atoms with E-state index in [4.69, 9.17) is 4.74 Å². The van der Waals surface area contributed by atoms with Crippen molar-refractivity contribution in [1.29, 1.82) is 0 Å². The molecule has 5 nitrogen and oxygen atoms in total. The number of methoxy groups -OCH3 is 1.